The molecule has 0 aliphatic carbocycles. The topological polar surface area (TPSA) is 58.6 Å². The summed E-state index contributed by atoms with van der Waals surface area (Å²) in [5.74, 6) is -0.538. The van der Waals surface area contributed by atoms with Crippen LogP contribution in [0, 0.1) is 11.7 Å². The van der Waals surface area contributed by atoms with E-state index in [1.807, 2.05) is 0 Å². The molecule has 1 aliphatic heterocycles. The molecular weight excluding hydrogens is 391 g/mol. The Morgan fingerprint density at radius 2 is 2.00 bits per heavy atom. The predicted molar refractivity (Wildman–Crippen MR) is 96.2 cm³/mol. The quantitative estimate of drug-likeness (QED) is 0.843. The van der Waals surface area contributed by atoms with Crippen molar-refractivity contribution in [2.24, 2.45) is 5.92 Å². The zero-order chi connectivity index (χ0) is 18.0. The molecule has 130 valence electrons. The van der Waals surface area contributed by atoms with Crippen molar-refractivity contribution in [1.82, 2.24) is 0 Å². The zero-order valence-corrected chi connectivity index (χ0v) is 15.0. The van der Waals surface area contributed by atoms with E-state index in [4.69, 9.17) is 4.74 Å². The average Bonchev–Trinajstić information content (AvgIpc) is 2.99. The summed E-state index contributed by atoms with van der Waals surface area (Å²) in [7, 11) is 1.57. The Morgan fingerprint density at radius 1 is 1.28 bits per heavy atom. The minimum Gasteiger partial charge on any atom is -0.497 e. The van der Waals surface area contributed by atoms with Gasteiger partial charge in [0.2, 0.25) is 11.8 Å². The van der Waals surface area contributed by atoms with Crippen molar-refractivity contribution in [3.05, 3.63) is 52.8 Å². The highest BCUT2D eigenvalue weighted by Crippen LogP contribution is 2.29. The van der Waals surface area contributed by atoms with Crippen molar-refractivity contribution in [2.75, 3.05) is 23.9 Å². The maximum atomic E-state index is 13.1. The van der Waals surface area contributed by atoms with Crippen LogP contribution < -0.4 is 15.0 Å². The molecule has 1 fully saturated rings. The van der Waals surface area contributed by atoms with E-state index in [1.165, 1.54) is 18.2 Å². The van der Waals surface area contributed by atoms with Crippen molar-refractivity contribution >= 4 is 39.1 Å². The van der Waals surface area contributed by atoms with Crippen molar-refractivity contribution in [1.29, 1.82) is 0 Å². The van der Waals surface area contributed by atoms with E-state index < -0.39 is 11.7 Å². The summed E-state index contributed by atoms with van der Waals surface area (Å²) in [5.41, 5.74) is 1.20. The summed E-state index contributed by atoms with van der Waals surface area (Å²) in [6.07, 6.45) is 0.136. The molecule has 2 aromatic rings. The number of hydrogen-bond donors (Lipinski definition) is 1. The second-order valence-electron chi connectivity index (χ2n) is 5.72. The Balaban J connectivity index is 1.69. The first-order chi connectivity index (χ1) is 12.0. The normalized spacial score (nSPS) is 16.8. The lowest BCUT2D eigenvalue weighted by atomic mass is 10.1. The summed E-state index contributed by atoms with van der Waals surface area (Å²) in [4.78, 5) is 26.3. The molecule has 0 aromatic heterocycles. The first-order valence-corrected chi connectivity index (χ1v) is 8.47. The molecule has 1 aliphatic rings. The molecule has 7 heteroatoms. The number of benzene rings is 2. The van der Waals surface area contributed by atoms with E-state index in [1.54, 1.807) is 36.3 Å². The van der Waals surface area contributed by atoms with Crippen LogP contribution in [0.1, 0.15) is 6.42 Å². The van der Waals surface area contributed by atoms with Gasteiger partial charge in [-0.3, -0.25) is 9.59 Å². The lowest BCUT2D eigenvalue weighted by molar-refractivity contribution is -0.122. The Morgan fingerprint density at radius 3 is 2.64 bits per heavy atom. The van der Waals surface area contributed by atoms with Gasteiger partial charge in [-0.25, -0.2) is 4.39 Å². The van der Waals surface area contributed by atoms with Gasteiger partial charge in [-0.15, -0.1) is 0 Å². The number of anilines is 2. The number of amides is 2. The third-order valence-electron chi connectivity index (χ3n) is 4.07. The van der Waals surface area contributed by atoms with Gasteiger partial charge in [0.15, 0.2) is 0 Å². The molecule has 1 atom stereocenters. The zero-order valence-electron chi connectivity index (χ0n) is 13.5. The summed E-state index contributed by atoms with van der Waals surface area (Å²) in [5, 5.41) is 2.74. The number of rotatable bonds is 4. The minimum absolute atomic E-state index is 0.108. The fourth-order valence-electron chi connectivity index (χ4n) is 2.72. The van der Waals surface area contributed by atoms with Crippen LogP contribution in [0.15, 0.2) is 46.9 Å². The van der Waals surface area contributed by atoms with Crippen LogP contribution in [0.4, 0.5) is 15.8 Å². The second kappa shape index (κ2) is 7.23. The number of halogens is 2. The van der Waals surface area contributed by atoms with Crippen LogP contribution in [-0.2, 0) is 9.59 Å². The van der Waals surface area contributed by atoms with Crippen LogP contribution in [0.25, 0.3) is 0 Å². The minimum atomic E-state index is -0.466. The number of methoxy groups -OCH3 is 1. The van der Waals surface area contributed by atoms with Crippen LogP contribution in [0.2, 0.25) is 0 Å². The van der Waals surface area contributed by atoms with Crippen molar-refractivity contribution in [2.45, 2.75) is 6.42 Å². The highest BCUT2D eigenvalue weighted by molar-refractivity contribution is 9.10. The van der Waals surface area contributed by atoms with Crippen LogP contribution in [0.3, 0.4) is 0 Å². The number of ether oxygens (including phenoxy) is 1. The number of nitrogens with one attached hydrogen (secondary N) is 1. The van der Waals surface area contributed by atoms with Crippen molar-refractivity contribution < 1.29 is 18.7 Å². The van der Waals surface area contributed by atoms with E-state index in [2.05, 4.69) is 21.2 Å². The summed E-state index contributed by atoms with van der Waals surface area (Å²) >= 11 is 3.21. The van der Waals surface area contributed by atoms with Gasteiger partial charge in [-0.2, -0.15) is 0 Å². The van der Waals surface area contributed by atoms with Crippen LogP contribution >= 0.6 is 15.9 Å². The molecular formula is C18H16BrFN2O3. The number of carbonyl (C=O) groups is 2. The fraction of sp³-hybridized carbons (Fsp3) is 0.222. The molecule has 2 amide bonds. The van der Waals surface area contributed by atoms with Crippen molar-refractivity contribution in [3.63, 3.8) is 0 Å². The van der Waals surface area contributed by atoms with Gasteiger partial charge in [0.05, 0.1) is 18.7 Å². The molecule has 0 spiro atoms. The van der Waals surface area contributed by atoms with E-state index >= 15 is 0 Å². The average molecular weight is 407 g/mol. The maximum Gasteiger partial charge on any atom is 0.229 e. The molecule has 0 radical (unpaired) electrons. The fourth-order valence-corrected chi connectivity index (χ4v) is 3.17. The molecule has 1 N–H and O–H groups in total. The first kappa shape index (κ1) is 17.4. The monoisotopic (exact) mass is 406 g/mol. The molecule has 5 nitrogen and oxygen atoms in total. The summed E-state index contributed by atoms with van der Waals surface area (Å²) in [6, 6.07) is 11.1. The Kier molecular flexibility index (Phi) is 5.03. The standard InChI is InChI=1S/C18H16BrFN2O3/c1-25-14-5-3-13(4-6-14)22-10-11(8-17(22)23)18(24)21-16-7-2-12(20)9-15(16)19/h2-7,9,11H,8,10H2,1H3,(H,21,24). The van der Waals surface area contributed by atoms with Gasteiger partial charge in [0, 0.05) is 23.1 Å². The van der Waals surface area contributed by atoms with Gasteiger partial charge in [0.25, 0.3) is 0 Å². The van der Waals surface area contributed by atoms with E-state index in [9.17, 15) is 14.0 Å². The number of hydrogen-bond acceptors (Lipinski definition) is 3. The van der Waals surface area contributed by atoms with Gasteiger partial charge in [-0.1, -0.05) is 0 Å². The first-order valence-electron chi connectivity index (χ1n) is 7.68. The molecule has 1 heterocycles. The largest absolute Gasteiger partial charge is 0.497 e. The summed E-state index contributed by atoms with van der Waals surface area (Å²) in [6.45, 7) is 0.301. The summed E-state index contributed by atoms with van der Waals surface area (Å²) < 4.78 is 18.7. The molecule has 25 heavy (non-hydrogen) atoms. The van der Waals surface area contributed by atoms with Gasteiger partial charge in [0.1, 0.15) is 11.6 Å². The van der Waals surface area contributed by atoms with E-state index in [0.29, 0.717) is 22.5 Å². The number of nitrogens with zero attached hydrogens (tertiary/aromatic N) is 1. The van der Waals surface area contributed by atoms with E-state index in [0.717, 1.165) is 5.69 Å². The lowest BCUT2D eigenvalue weighted by Gasteiger charge is -2.17. The molecule has 0 saturated carbocycles. The van der Waals surface area contributed by atoms with Gasteiger partial charge < -0.3 is 15.0 Å². The molecule has 1 saturated heterocycles. The lowest BCUT2D eigenvalue weighted by Crippen LogP contribution is -2.28. The molecule has 2 aromatic carbocycles. The highest BCUT2D eigenvalue weighted by Gasteiger charge is 2.35. The molecule has 1 unspecified atom stereocenters. The second-order valence-corrected chi connectivity index (χ2v) is 6.57. The smallest absolute Gasteiger partial charge is 0.229 e. The Labute approximate surface area is 152 Å². The van der Waals surface area contributed by atoms with Crippen molar-refractivity contribution in [3.8, 4) is 5.75 Å². The van der Waals surface area contributed by atoms with E-state index in [-0.39, 0.29) is 18.2 Å². The SMILES string of the molecule is COc1ccc(N2CC(C(=O)Nc3ccc(F)cc3Br)CC2=O)cc1. The Hall–Kier alpha value is -2.41. The maximum absolute atomic E-state index is 13.1. The van der Waals surface area contributed by atoms with Gasteiger partial charge in [-0.05, 0) is 58.4 Å². The van der Waals surface area contributed by atoms with Crippen LogP contribution in [0.5, 0.6) is 5.75 Å². The Bertz CT molecular complexity index is 810. The van der Waals surface area contributed by atoms with Gasteiger partial charge >= 0.3 is 0 Å². The third kappa shape index (κ3) is 3.82. The number of carbonyl (C=O) groups excluding carboxylic acids is 2. The molecule has 0 bridgehead atoms. The predicted octanol–water partition coefficient (Wildman–Crippen LogP) is 3.59. The van der Waals surface area contributed by atoms with Crippen LogP contribution in [-0.4, -0.2) is 25.5 Å². The molecule has 3 rings (SSSR count). The third-order valence-corrected chi connectivity index (χ3v) is 4.73. The highest BCUT2D eigenvalue weighted by atomic mass is 79.9.